The molecule has 1 aromatic heterocycles. The van der Waals surface area contributed by atoms with Crippen LogP contribution in [0, 0.1) is 6.92 Å². The third-order valence-electron chi connectivity index (χ3n) is 4.76. The molecule has 0 unspecified atom stereocenters. The summed E-state index contributed by atoms with van der Waals surface area (Å²) in [5, 5.41) is 6.33. The number of para-hydroxylation sites is 1. The number of anilines is 1. The zero-order valence-electron chi connectivity index (χ0n) is 14.8. The van der Waals surface area contributed by atoms with Crippen LogP contribution in [-0.4, -0.2) is 25.2 Å². The molecule has 138 valence electrons. The minimum Gasteiger partial charge on any atom is -0.268 e. The van der Waals surface area contributed by atoms with Crippen LogP contribution in [0.25, 0.3) is 0 Å². The van der Waals surface area contributed by atoms with Crippen LogP contribution in [0.5, 0.6) is 0 Å². The number of fused-ring (bicyclic) bond motifs is 1. The van der Waals surface area contributed by atoms with Crippen molar-refractivity contribution in [3.8, 4) is 0 Å². The van der Waals surface area contributed by atoms with Crippen molar-refractivity contribution in [2.24, 2.45) is 0 Å². The molecule has 0 atom stereocenters. The van der Waals surface area contributed by atoms with Crippen molar-refractivity contribution >= 4 is 15.7 Å². The molecule has 0 bridgehead atoms. The van der Waals surface area contributed by atoms with Crippen molar-refractivity contribution in [3.05, 3.63) is 87.3 Å². The van der Waals surface area contributed by atoms with E-state index >= 15 is 0 Å². The van der Waals surface area contributed by atoms with Gasteiger partial charge in [0.2, 0.25) is 0 Å². The van der Waals surface area contributed by atoms with Gasteiger partial charge in [0.05, 0.1) is 16.3 Å². The molecular weight excluding hydrogens is 362 g/mol. The van der Waals surface area contributed by atoms with Gasteiger partial charge in [-0.15, -0.1) is 0 Å². The molecule has 3 aromatic rings. The van der Waals surface area contributed by atoms with Gasteiger partial charge in [-0.25, -0.2) is 13.5 Å². The number of aromatic nitrogens is 2. The van der Waals surface area contributed by atoms with Crippen LogP contribution in [0.2, 0.25) is 0 Å². The third kappa shape index (κ3) is 3.26. The molecule has 1 aliphatic heterocycles. The second-order valence-corrected chi connectivity index (χ2v) is 8.50. The number of benzene rings is 2. The molecule has 0 radical (unpaired) electrons. The first kappa shape index (κ1) is 17.5. The first-order chi connectivity index (χ1) is 12.9. The summed E-state index contributed by atoms with van der Waals surface area (Å²) in [4.78, 5) is 12.1. The number of nitrogens with one attached hydrogen (secondary N) is 1. The Morgan fingerprint density at radius 1 is 1.11 bits per heavy atom. The second kappa shape index (κ2) is 6.66. The number of hydrogen-bond acceptors (Lipinski definition) is 4. The van der Waals surface area contributed by atoms with Crippen molar-refractivity contribution in [2.75, 3.05) is 10.8 Å². The lowest BCUT2D eigenvalue weighted by atomic mass is 10.1. The van der Waals surface area contributed by atoms with E-state index in [0.29, 0.717) is 18.5 Å². The van der Waals surface area contributed by atoms with E-state index in [4.69, 9.17) is 0 Å². The lowest BCUT2D eigenvalue weighted by Gasteiger charge is -2.19. The van der Waals surface area contributed by atoms with Gasteiger partial charge < -0.3 is 0 Å². The summed E-state index contributed by atoms with van der Waals surface area (Å²) >= 11 is 0. The van der Waals surface area contributed by atoms with Gasteiger partial charge in [-0.2, -0.15) is 5.10 Å². The molecule has 0 saturated carbocycles. The zero-order chi connectivity index (χ0) is 19.0. The number of rotatable bonds is 4. The molecule has 0 spiro atoms. The smallest absolute Gasteiger partial charge is 0.267 e. The molecule has 4 rings (SSSR count). The molecule has 1 aliphatic rings. The standard InChI is InChI=1S/C20H19N3O3S/c1-14-12-17(20(24)22-21-14)13-15-6-8-18(9-7-15)27(25,26)23-11-10-16-4-2-3-5-19(16)23/h2-9,12H,10-11,13H2,1H3,(H,22,24). The van der Waals surface area contributed by atoms with Crippen molar-refractivity contribution in [1.82, 2.24) is 10.2 Å². The summed E-state index contributed by atoms with van der Waals surface area (Å²) in [6.45, 7) is 2.26. The Kier molecular flexibility index (Phi) is 4.31. The molecule has 0 amide bonds. The maximum Gasteiger partial charge on any atom is 0.267 e. The molecule has 0 fully saturated rings. The van der Waals surface area contributed by atoms with Crippen LogP contribution in [0.1, 0.15) is 22.4 Å². The Balaban J connectivity index is 1.61. The normalized spacial score (nSPS) is 13.6. The molecule has 1 N–H and O–H groups in total. The van der Waals surface area contributed by atoms with E-state index in [2.05, 4.69) is 10.2 Å². The van der Waals surface area contributed by atoms with Crippen molar-refractivity contribution in [2.45, 2.75) is 24.7 Å². The van der Waals surface area contributed by atoms with Crippen LogP contribution < -0.4 is 9.86 Å². The van der Waals surface area contributed by atoms with Gasteiger partial charge in [-0.05, 0) is 48.7 Å². The van der Waals surface area contributed by atoms with E-state index in [0.717, 1.165) is 28.9 Å². The van der Waals surface area contributed by atoms with Gasteiger partial charge in [0, 0.05) is 18.5 Å². The van der Waals surface area contributed by atoms with Crippen LogP contribution in [0.3, 0.4) is 0 Å². The SMILES string of the molecule is Cc1cc(Cc2ccc(S(=O)(=O)N3CCc4ccccc43)cc2)c(=O)[nH]n1. The average Bonchev–Trinajstić information content (AvgIpc) is 3.10. The third-order valence-corrected chi connectivity index (χ3v) is 6.59. The number of H-pyrrole nitrogens is 1. The minimum absolute atomic E-state index is 0.231. The van der Waals surface area contributed by atoms with E-state index in [1.807, 2.05) is 31.2 Å². The highest BCUT2D eigenvalue weighted by molar-refractivity contribution is 7.92. The fourth-order valence-corrected chi connectivity index (χ4v) is 4.88. The molecule has 6 nitrogen and oxygen atoms in total. The number of sulfonamides is 1. The number of aromatic amines is 1. The van der Waals surface area contributed by atoms with Crippen LogP contribution in [-0.2, 0) is 22.9 Å². The van der Waals surface area contributed by atoms with E-state index in [-0.39, 0.29) is 10.5 Å². The largest absolute Gasteiger partial charge is 0.268 e. The van der Waals surface area contributed by atoms with Crippen molar-refractivity contribution in [1.29, 1.82) is 0 Å². The van der Waals surface area contributed by atoms with E-state index in [1.54, 1.807) is 30.3 Å². The van der Waals surface area contributed by atoms with Gasteiger partial charge in [0.1, 0.15) is 0 Å². The van der Waals surface area contributed by atoms with Gasteiger partial charge in [-0.3, -0.25) is 9.10 Å². The monoisotopic (exact) mass is 381 g/mol. The molecule has 0 aliphatic carbocycles. The summed E-state index contributed by atoms with van der Waals surface area (Å²) < 4.78 is 27.5. The lowest BCUT2D eigenvalue weighted by Crippen LogP contribution is -2.29. The van der Waals surface area contributed by atoms with Crippen LogP contribution in [0.4, 0.5) is 5.69 Å². The first-order valence-corrected chi connectivity index (χ1v) is 10.1. The Morgan fingerprint density at radius 2 is 1.85 bits per heavy atom. The van der Waals surface area contributed by atoms with Crippen molar-refractivity contribution < 1.29 is 8.42 Å². The fraction of sp³-hybridized carbons (Fsp3) is 0.200. The maximum atomic E-state index is 13.0. The predicted molar refractivity (Wildman–Crippen MR) is 104 cm³/mol. The van der Waals surface area contributed by atoms with Gasteiger partial charge >= 0.3 is 0 Å². The van der Waals surface area contributed by atoms with Gasteiger partial charge in [-0.1, -0.05) is 30.3 Å². The topological polar surface area (TPSA) is 83.1 Å². The Labute approximate surface area is 157 Å². The van der Waals surface area contributed by atoms with Gasteiger partial charge in [0.25, 0.3) is 15.6 Å². The Hall–Kier alpha value is -2.93. The summed E-state index contributed by atoms with van der Waals surface area (Å²) in [6, 6.07) is 16.0. The number of nitrogens with zero attached hydrogens (tertiary/aromatic N) is 2. The quantitative estimate of drug-likeness (QED) is 0.752. The molecule has 7 heteroatoms. The predicted octanol–water partition coefficient (Wildman–Crippen LogP) is 2.42. The first-order valence-electron chi connectivity index (χ1n) is 8.70. The zero-order valence-corrected chi connectivity index (χ0v) is 15.7. The summed E-state index contributed by atoms with van der Waals surface area (Å²) in [5.74, 6) is 0. The van der Waals surface area contributed by atoms with Crippen LogP contribution in [0.15, 0.2) is 64.3 Å². The highest BCUT2D eigenvalue weighted by Crippen LogP contribution is 2.32. The number of aryl methyl sites for hydroxylation is 1. The molecule has 2 heterocycles. The summed E-state index contributed by atoms with van der Waals surface area (Å²) in [6.07, 6.45) is 1.14. The number of hydrogen-bond donors (Lipinski definition) is 1. The van der Waals surface area contributed by atoms with Gasteiger partial charge in [0.15, 0.2) is 0 Å². The highest BCUT2D eigenvalue weighted by Gasteiger charge is 2.30. The highest BCUT2D eigenvalue weighted by atomic mass is 32.2. The summed E-state index contributed by atoms with van der Waals surface area (Å²) in [5.41, 5.74) is 3.77. The second-order valence-electron chi connectivity index (χ2n) is 6.64. The fourth-order valence-electron chi connectivity index (χ4n) is 3.38. The van der Waals surface area contributed by atoms with E-state index in [9.17, 15) is 13.2 Å². The molecular formula is C20H19N3O3S. The molecule has 2 aromatic carbocycles. The summed E-state index contributed by atoms with van der Waals surface area (Å²) in [7, 11) is -3.60. The van der Waals surface area contributed by atoms with Crippen LogP contribution >= 0.6 is 0 Å². The lowest BCUT2D eigenvalue weighted by molar-refractivity contribution is 0.592. The average molecular weight is 381 g/mol. The minimum atomic E-state index is -3.60. The Bertz CT molecular complexity index is 1150. The molecule has 0 saturated heterocycles. The van der Waals surface area contributed by atoms with E-state index < -0.39 is 10.0 Å². The van der Waals surface area contributed by atoms with Crippen molar-refractivity contribution in [3.63, 3.8) is 0 Å². The maximum absolute atomic E-state index is 13.0. The van der Waals surface area contributed by atoms with E-state index in [1.165, 1.54) is 4.31 Å². The molecule has 27 heavy (non-hydrogen) atoms. The Morgan fingerprint density at radius 3 is 2.63 bits per heavy atom.